The Morgan fingerprint density at radius 1 is 1.33 bits per heavy atom. The molecule has 0 bridgehead atoms. The number of benzene rings is 1. The minimum atomic E-state index is -0.436. The Labute approximate surface area is 132 Å². The van der Waals surface area contributed by atoms with Crippen molar-refractivity contribution in [3.05, 3.63) is 35.4 Å². The maximum Gasteiger partial charge on any atom is 0.244 e. The first-order chi connectivity index (χ1) is 10.0. The first kappa shape index (κ1) is 16.4. The van der Waals surface area contributed by atoms with E-state index in [0.717, 1.165) is 25.1 Å². The number of amides is 1. The number of carbonyl (C=O) groups excluding carboxylic acids is 1. The van der Waals surface area contributed by atoms with Crippen molar-refractivity contribution >= 4 is 17.7 Å². The van der Waals surface area contributed by atoms with Crippen molar-refractivity contribution < 1.29 is 4.79 Å². The quantitative estimate of drug-likeness (QED) is 0.818. The Balaban J connectivity index is 2.23. The van der Waals surface area contributed by atoms with Gasteiger partial charge in [-0.1, -0.05) is 36.8 Å². The Morgan fingerprint density at radius 3 is 2.57 bits per heavy atom. The second-order valence-electron chi connectivity index (χ2n) is 5.99. The van der Waals surface area contributed by atoms with Gasteiger partial charge in [0.25, 0.3) is 0 Å². The zero-order valence-electron chi connectivity index (χ0n) is 13.5. The Bertz CT molecular complexity index is 488. The van der Waals surface area contributed by atoms with Gasteiger partial charge in [-0.05, 0) is 44.3 Å². The smallest absolute Gasteiger partial charge is 0.244 e. The molecule has 0 spiro atoms. The molecule has 3 nitrogen and oxygen atoms in total. The molecule has 1 aliphatic rings. The zero-order chi connectivity index (χ0) is 15.5. The van der Waals surface area contributed by atoms with Crippen LogP contribution >= 0.6 is 11.8 Å². The van der Waals surface area contributed by atoms with E-state index in [1.807, 2.05) is 23.6 Å². The highest BCUT2D eigenvalue weighted by molar-refractivity contribution is 7.98. The lowest BCUT2D eigenvalue weighted by molar-refractivity contribution is -0.133. The molecular weight excluding hydrogens is 280 g/mol. The number of rotatable bonds is 6. The lowest BCUT2D eigenvalue weighted by Gasteiger charge is -2.24. The van der Waals surface area contributed by atoms with Crippen LogP contribution in [0.25, 0.3) is 0 Å². The van der Waals surface area contributed by atoms with Crippen LogP contribution in [-0.4, -0.2) is 34.9 Å². The summed E-state index contributed by atoms with van der Waals surface area (Å²) in [5.74, 6) is 1.32. The highest BCUT2D eigenvalue weighted by Crippen LogP contribution is 2.32. The van der Waals surface area contributed by atoms with Crippen LogP contribution in [0, 0.1) is 6.92 Å². The minimum Gasteiger partial charge on any atom is -0.321 e. The van der Waals surface area contributed by atoms with Crippen molar-refractivity contribution in [2.24, 2.45) is 0 Å². The SMILES string of the molecule is CCC1(C)NC(c2ccc(C)cc2)N(CCCSC)C1=O. The molecule has 2 atom stereocenters. The summed E-state index contributed by atoms with van der Waals surface area (Å²) in [6.45, 7) is 7.00. The summed E-state index contributed by atoms with van der Waals surface area (Å²) in [6.07, 6.45) is 3.96. The topological polar surface area (TPSA) is 32.3 Å². The molecule has 1 fully saturated rings. The van der Waals surface area contributed by atoms with Crippen molar-refractivity contribution in [1.82, 2.24) is 10.2 Å². The largest absolute Gasteiger partial charge is 0.321 e. The predicted molar refractivity (Wildman–Crippen MR) is 90.5 cm³/mol. The van der Waals surface area contributed by atoms with Gasteiger partial charge in [-0.2, -0.15) is 11.8 Å². The Hall–Kier alpha value is -1.00. The fraction of sp³-hybridized carbons (Fsp3) is 0.588. The summed E-state index contributed by atoms with van der Waals surface area (Å²) in [4.78, 5) is 14.8. The lowest BCUT2D eigenvalue weighted by atomic mass is 9.99. The molecule has 2 rings (SSSR count). The van der Waals surface area contributed by atoms with E-state index in [-0.39, 0.29) is 12.1 Å². The fourth-order valence-corrected chi connectivity index (χ4v) is 3.17. The molecule has 1 aliphatic heterocycles. The van der Waals surface area contributed by atoms with Gasteiger partial charge in [0, 0.05) is 6.54 Å². The number of hydrogen-bond acceptors (Lipinski definition) is 3. The van der Waals surface area contributed by atoms with Crippen LogP contribution in [0.1, 0.15) is 44.0 Å². The number of nitrogens with zero attached hydrogens (tertiary/aromatic N) is 1. The van der Waals surface area contributed by atoms with Gasteiger partial charge in [0.1, 0.15) is 6.17 Å². The molecule has 1 saturated heterocycles. The van der Waals surface area contributed by atoms with E-state index in [1.165, 1.54) is 11.1 Å². The van der Waals surface area contributed by atoms with Crippen molar-refractivity contribution in [3.8, 4) is 0 Å². The number of thioether (sulfide) groups is 1. The summed E-state index contributed by atoms with van der Waals surface area (Å²) in [5, 5.41) is 3.55. The van der Waals surface area contributed by atoms with Crippen LogP contribution in [0.3, 0.4) is 0 Å². The van der Waals surface area contributed by atoms with E-state index in [4.69, 9.17) is 0 Å². The third-order valence-electron chi connectivity index (χ3n) is 4.35. The second kappa shape index (κ2) is 6.84. The molecule has 116 valence electrons. The third kappa shape index (κ3) is 3.43. The molecule has 1 amide bonds. The fourth-order valence-electron chi connectivity index (χ4n) is 2.75. The first-order valence-electron chi connectivity index (χ1n) is 7.66. The van der Waals surface area contributed by atoms with Crippen LogP contribution in [-0.2, 0) is 4.79 Å². The average molecular weight is 306 g/mol. The van der Waals surface area contributed by atoms with Gasteiger partial charge in [0.05, 0.1) is 5.54 Å². The normalized spacial score (nSPS) is 25.6. The van der Waals surface area contributed by atoms with Crippen LogP contribution < -0.4 is 5.32 Å². The molecule has 4 heteroatoms. The Kier molecular flexibility index (Phi) is 5.33. The number of hydrogen-bond donors (Lipinski definition) is 1. The summed E-state index contributed by atoms with van der Waals surface area (Å²) in [5.41, 5.74) is 1.99. The van der Waals surface area contributed by atoms with Gasteiger partial charge in [-0.25, -0.2) is 0 Å². The Morgan fingerprint density at radius 2 is 2.00 bits per heavy atom. The monoisotopic (exact) mass is 306 g/mol. The van der Waals surface area contributed by atoms with Gasteiger partial charge < -0.3 is 4.90 Å². The number of nitrogens with one attached hydrogen (secondary N) is 1. The summed E-state index contributed by atoms with van der Waals surface area (Å²) >= 11 is 1.83. The zero-order valence-corrected chi connectivity index (χ0v) is 14.3. The number of aryl methyl sites for hydroxylation is 1. The van der Waals surface area contributed by atoms with Gasteiger partial charge in [0.15, 0.2) is 0 Å². The van der Waals surface area contributed by atoms with E-state index in [2.05, 4.69) is 49.7 Å². The summed E-state index contributed by atoms with van der Waals surface area (Å²) in [6, 6.07) is 8.48. The van der Waals surface area contributed by atoms with Crippen LogP contribution in [0.2, 0.25) is 0 Å². The lowest BCUT2D eigenvalue weighted by Crippen LogP contribution is -2.43. The molecule has 1 heterocycles. The highest BCUT2D eigenvalue weighted by atomic mass is 32.2. The standard InChI is InChI=1S/C17H26N2OS/c1-5-17(3)16(20)19(11-6-12-21-4)15(18-17)14-9-7-13(2)8-10-14/h7-10,15,18H,5-6,11-12H2,1-4H3. The van der Waals surface area contributed by atoms with Gasteiger partial charge in [-0.15, -0.1) is 0 Å². The van der Waals surface area contributed by atoms with E-state index in [9.17, 15) is 4.79 Å². The van der Waals surface area contributed by atoms with Crippen molar-refractivity contribution in [3.63, 3.8) is 0 Å². The molecular formula is C17H26N2OS. The van der Waals surface area contributed by atoms with Crippen molar-refractivity contribution in [1.29, 1.82) is 0 Å². The van der Waals surface area contributed by atoms with E-state index in [1.54, 1.807) is 0 Å². The molecule has 1 aromatic carbocycles. The van der Waals surface area contributed by atoms with Crippen molar-refractivity contribution in [2.45, 2.75) is 45.3 Å². The minimum absolute atomic E-state index is 0.00454. The first-order valence-corrected chi connectivity index (χ1v) is 9.05. The van der Waals surface area contributed by atoms with Gasteiger partial charge >= 0.3 is 0 Å². The summed E-state index contributed by atoms with van der Waals surface area (Å²) in [7, 11) is 0. The molecule has 2 unspecified atom stereocenters. The predicted octanol–water partition coefficient (Wildman–Crippen LogP) is 3.35. The molecule has 1 N–H and O–H groups in total. The number of carbonyl (C=O) groups is 1. The molecule has 21 heavy (non-hydrogen) atoms. The van der Waals surface area contributed by atoms with Gasteiger partial charge in [-0.3, -0.25) is 10.1 Å². The maximum absolute atomic E-state index is 12.8. The molecule has 1 aromatic rings. The van der Waals surface area contributed by atoms with Crippen molar-refractivity contribution in [2.75, 3.05) is 18.6 Å². The maximum atomic E-state index is 12.8. The highest BCUT2D eigenvalue weighted by Gasteiger charge is 2.46. The molecule has 0 radical (unpaired) electrons. The second-order valence-corrected chi connectivity index (χ2v) is 6.97. The third-order valence-corrected chi connectivity index (χ3v) is 5.04. The molecule has 0 aliphatic carbocycles. The van der Waals surface area contributed by atoms with Crippen LogP contribution in [0.5, 0.6) is 0 Å². The van der Waals surface area contributed by atoms with Crippen LogP contribution in [0.15, 0.2) is 24.3 Å². The van der Waals surface area contributed by atoms with E-state index < -0.39 is 5.54 Å². The molecule has 0 saturated carbocycles. The summed E-state index contributed by atoms with van der Waals surface area (Å²) < 4.78 is 0. The average Bonchev–Trinajstić information content (AvgIpc) is 2.74. The van der Waals surface area contributed by atoms with Gasteiger partial charge in [0.2, 0.25) is 5.91 Å². The van der Waals surface area contributed by atoms with Crippen LogP contribution in [0.4, 0.5) is 0 Å². The van der Waals surface area contributed by atoms with E-state index >= 15 is 0 Å². The molecule has 0 aromatic heterocycles. The van der Waals surface area contributed by atoms with E-state index in [0.29, 0.717) is 0 Å².